The normalized spacial score (nSPS) is 19.7. The van der Waals surface area contributed by atoms with E-state index in [9.17, 15) is 14.4 Å². The molecule has 3 amide bonds. The molecule has 1 saturated heterocycles. The highest BCUT2D eigenvalue weighted by atomic mass is 32.1. The summed E-state index contributed by atoms with van der Waals surface area (Å²) < 4.78 is 4.94. The van der Waals surface area contributed by atoms with Crippen molar-refractivity contribution in [3.63, 3.8) is 0 Å². The van der Waals surface area contributed by atoms with Gasteiger partial charge in [0.1, 0.15) is 11.7 Å². The standard InChI is InChI=1S/C16H24N4O4S/c1-4-17-16(23)13-7-11(8-20(13)14(21)5-6-24-3)19-15(22)12-9-25-10(2)18-12/h9,11,13H,4-8H2,1-3H3,(H,17,23)(H,19,22)/t11-,13+/m1/s1. The van der Waals surface area contributed by atoms with Crippen LogP contribution in [0, 0.1) is 6.92 Å². The van der Waals surface area contributed by atoms with E-state index in [0.717, 1.165) is 5.01 Å². The van der Waals surface area contributed by atoms with Gasteiger partial charge in [-0.25, -0.2) is 4.98 Å². The van der Waals surface area contributed by atoms with Crippen molar-refractivity contribution < 1.29 is 19.1 Å². The number of aromatic nitrogens is 1. The maximum atomic E-state index is 12.4. The average molecular weight is 368 g/mol. The zero-order chi connectivity index (χ0) is 18.4. The van der Waals surface area contributed by atoms with E-state index in [1.807, 2.05) is 13.8 Å². The summed E-state index contributed by atoms with van der Waals surface area (Å²) >= 11 is 1.40. The molecule has 8 nitrogen and oxygen atoms in total. The van der Waals surface area contributed by atoms with Crippen LogP contribution in [0.3, 0.4) is 0 Å². The molecule has 138 valence electrons. The number of methoxy groups -OCH3 is 1. The Morgan fingerprint density at radius 3 is 2.80 bits per heavy atom. The maximum Gasteiger partial charge on any atom is 0.271 e. The summed E-state index contributed by atoms with van der Waals surface area (Å²) in [7, 11) is 1.53. The van der Waals surface area contributed by atoms with Gasteiger partial charge < -0.3 is 20.3 Å². The smallest absolute Gasteiger partial charge is 0.271 e. The summed E-state index contributed by atoms with van der Waals surface area (Å²) in [6.45, 7) is 4.75. The molecule has 25 heavy (non-hydrogen) atoms. The van der Waals surface area contributed by atoms with Crippen LogP contribution < -0.4 is 10.6 Å². The number of ether oxygens (including phenoxy) is 1. The van der Waals surface area contributed by atoms with Gasteiger partial charge in [-0.05, 0) is 20.3 Å². The van der Waals surface area contributed by atoms with Crippen LogP contribution in [-0.4, -0.2) is 66.5 Å². The molecule has 2 heterocycles. The number of carbonyl (C=O) groups excluding carboxylic acids is 3. The third-order valence-electron chi connectivity index (χ3n) is 3.98. The van der Waals surface area contributed by atoms with Gasteiger partial charge in [-0.3, -0.25) is 14.4 Å². The fraction of sp³-hybridized carbons (Fsp3) is 0.625. The summed E-state index contributed by atoms with van der Waals surface area (Å²) in [6.07, 6.45) is 0.595. The Kier molecular flexibility index (Phi) is 6.89. The molecule has 2 rings (SSSR count). The molecule has 0 aliphatic carbocycles. The molecule has 0 saturated carbocycles. The number of thiazole rings is 1. The molecule has 0 bridgehead atoms. The summed E-state index contributed by atoms with van der Waals surface area (Å²) in [4.78, 5) is 42.6. The first kappa shape index (κ1) is 19.3. The van der Waals surface area contributed by atoms with E-state index < -0.39 is 6.04 Å². The number of hydrogen-bond donors (Lipinski definition) is 2. The van der Waals surface area contributed by atoms with Crippen LogP contribution in [0.5, 0.6) is 0 Å². The second-order valence-corrected chi connectivity index (χ2v) is 6.92. The topological polar surface area (TPSA) is 101 Å². The zero-order valence-corrected chi connectivity index (χ0v) is 15.5. The minimum absolute atomic E-state index is 0.153. The second-order valence-electron chi connectivity index (χ2n) is 5.86. The molecule has 1 aliphatic rings. The van der Waals surface area contributed by atoms with Crippen LogP contribution in [0.1, 0.15) is 35.3 Å². The van der Waals surface area contributed by atoms with Gasteiger partial charge in [-0.2, -0.15) is 0 Å². The Balaban J connectivity index is 2.04. The van der Waals surface area contributed by atoms with Crippen LogP contribution >= 0.6 is 11.3 Å². The SMILES string of the molecule is CCNC(=O)[C@@H]1C[C@@H](NC(=O)c2csc(C)n2)CN1C(=O)CCOC. The molecule has 2 N–H and O–H groups in total. The van der Waals surface area contributed by atoms with Gasteiger partial charge in [0.2, 0.25) is 11.8 Å². The van der Waals surface area contributed by atoms with Crippen molar-refractivity contribution in [2.75, 3.05) is 26.8 Å². The van der Waals surface area contributed by atoms with E-state index in [4.69, 9.17) is 4.74 Å². The van der Waals surface area contributed by atoms with Crippen molar-refractivity contribution in [1.82, 2.24) is 20.5 Å². The Morgan fingerprint density at radius 2 is 2.20 bits per heavy atom. The summed E-state index contributed by atoms with van der Waals surface area (Å²) in [5.74, 6) is -0.635. The van der Waals surface area contributed by atoms with E-state index >= 15 is 0 Å². The molecular formula is C16H24N4O4S. The van der Waals surface area contributed by atoms with Crippen LogP contribution in [0.2, 0.25) is 0 Å². The lowest BCUT2D eigenvalue weighted by molar-refractivity contribution is -0.139. The molecule has 0 spiro atoms. The van der Waals surface area contributed by atoms with Gasteiger partial charge in [0.05, 0.1) is 18.0 Å². The first-order valence-electron chi connectivity index (χ1n) is 8.25. The predicted octanol–water partition coefficient (Wildman–Crippen LogP) is 0.323. The van der Waals surface area contributed by atoms with Gasteiger partial charge in [0.25, 0.3) is 5.91 Å². The molecule has 9 heteroatoms. The third kappa shape index (κ3) is 4.99. The molecule has 0 unspecified atom stereocenters. The Hall–Kier alpha value is -2.00. The molecular weight excluding hydrogens is 344 g/mol. The van der Waals surface area contributed by atoms with Crippen molar-refractivity contribution in [3.05, 3.63) is 16.1 Å². The molecule has 2 atom stereocenters. The number of likely N-dealkylation sites (N-methyl/N-ethyl adjacent to an activating group) is 1. The summed E-state index contributed by atoms with van der Waals surface area (Å²) in [5, 5.41) is 8.14. The van der Waals surface area contributed by atoms with Crippen LogP contribution in [0.25, 0.3) is 0 Å². The molecule has 0 radical (unpaired) electrons. The van der Waals surface area contributed by atoms with Gasteiger partial charge in [0, 0.05) is 31.6 Å². The Morgan fingerprint density at radius 1 is 1.44 bits per heavy atom. The number of aryl methyl sites for hydroxylation is 1. The molecule has 1 aromatic rings. The highest BCUT2D eigenvalue weighted by molar-refractivity contribution is 7.09. The van der Waals surface area contributed by atoms with Crippen molar-refractivity contribution in [2.45, 2.75) is 38.8 Å². The molecule has 1 aliphatic heterocycles. The third-order valence-corrected chi connectivity index (χ3v) is 4.76. The maximum absolute atomic E-state index is 12.4. The van der Waals surface area contributed by atoms with Crippen molar-refractivity contribution >= 4 is 29.1 Å². The van der Waals surface area contributed by atoms with Crippen molar-refractivity contribution in [3.8, 4) is 0 Å². The lowest BCUT2D eigenvalue weighted by Gasteiger charge is -2.23. The van der Waals surface area contributed by atoms with Gasteiger partial charge in [0.15, 0.2) is 0 Å². The molecule has 1 fully saturated rings. The largest absolute Gasteiger partial charge is 0.384 e. The lowest BCUT2D eigenvalue weighted by atomic mass is 10.1. The lowest BCUT2D eigenvalue weighted by Crippen LogP contribution is -2.46. The average Bonchev–Trinajstić information content (AvgIpc) is 3.19. The number of nitrogens with one attached hydrogen (secondary N) is 2. The van der Waals surface area contributed by atoms with E-state index in [1.54, 1.807) is 5.38 Å². The first-order chi connectivity index (χ1) is 12.0. The van der Waals surface area contributed by atoms with E-state index in [-0.39, 0.29) is 30.2 Å². The quantitative estimate of drug-likeness (QED) is 0.722. The second kappa shape index (κ2) is 8.91. The number of likely N-dealkylation sites (tertiary alicyclic amines) is 1. The number of hydrogen-bond acceptors (Lipinski definition) is 6. The van der Waals surface area contributed by atoms with Crippen LogP contribution in [0.15, 0.2) is 5.38 Å². The molecule has 0 aromatic carbocycles. The van der Waals surface area contributed by atoms with Crippen LogP contribution in [0.4, 0.5) is 0 Å². The summed E-state index contributed by atoms with van der Waals surface area (Å²) in [6, 6.07) is -0.861. The Bertz CT molecular complexity index is 633. The summed E-state index contributed by atoms with van der Waals surface area (Å²) in [5.41, 5.74) is 0.362. The highest BCUT2D eigenvalue weighted by Crippen LogP contribution is 2.20. The van der Waals surface area contributed by atoms with Gasteiger partial charge >= 0.3 is 0 Å². The number of rotatable bonds is 7. The van der Waals surface area contributed by atoms with E-state index in [1.165, 1.54) is 23.3 Å². The monoisotopic (exact) mass is 368 g/mol. The zero-order valence-electron chi connectivity index (χ0n) is 14.7. The number of nitrogens with zero attached hydrogens (tertiary/aromatic N) is 2. The molecule has 1 aromatic heterocycles. The number of carbonyl (C=O) groups is 3. The minimum Gasteiger partial charge on any atom is -0.384 e. The van der Waals surface area contributed by atoms with Gasteiger partial charge in [-0.15, -0.1) is 11.3 Å². The fourth-order valence-electron chi connectivity index (χ4n) is 2.82. The van der Waals surface area contributed by atoms with E-state index in [0.29, 0.717) is 31.8 Å². The first-order valence-corrected chi connectivity index (χ1v) is 9.13. The van der Waals surface area contributed by atoms with Crippen molar-refractivity contribution in [2.24, 2.45) is 0 Å². The number of amides is 3. The predicted molar refractivity (Wildman–Crippen MR) is 93.4 cm³/mol. The van der Waals surface area contributed by atoms with Crippen molar-refractivity contribution in [1.29, 1.82) is 0 Å². The van der Waals surface area contributed by atoms with Gasteiger partial charge in [-0.1, -0.05) is 0 Å². The Labute approximate surface area is 150 Å². The fourth-order valence-corrected chi connectivity index (χ4v) is 3.41. The highest BCUT2D eigenvalue weighted by Gasteiger charge is 2.39. The van der Waals surface area contributed by atoms with Crippen LogP contribution in [-0.2, 0) is 14.3 Å². The minimum atomic E-state index is -0.577. The van der Waals surface area contributed by atoms with E-state index in [2.05, 4.69) is 15.6 Å².